The van der Waals surface area contributed by atoms with Crippen molar-refractivity contribution in [3.05, 3.63) is 54.6 Å². The van der Waals surface area contributed by atoms with Gasteiger partial charge in [0.25, 0.3) is 0 Å². The van der Waals surface area contributed by atoms with E-state index in [4.69, 9.17) is 4.74 Å². The zero-order valence-electron chi connectivity index (χ0n) is 12.8. The molecule has 3 aliphatic rings. The van der Waals surface area contributed by atoms with Gasteiger partial charge in [0.1, 0.15) is 5.60 Å². The molecule has 2 saturated heterocycles. The maximum atomic E-state index is 13.1. The number of carbonyl (C=O) groups excluding carboxylic acids is 2. The number of aliphatic hydroxyl groups excluding tert-OH is 1. The van der Waals surface area contributed by atoms with Crippen LogP contribution in [0.3, 0.4) is 0 Å². The lowest BCUT2D eigenvalue weighted by atomic mass is 9.77. The van der Waals surface area contributed by atoms with Crippen molar-refractivity contribution in [2.24, 2.45) is 11.8 Å². The number of rotatable bonds is 2. The van der Waals surface area contributed by atoms with Crippen LogP contribution in [0.4, 0.5) is 5.69 Å². The quantitative estimate of drug-likeness (QED) is 0.674. The van der Waals surface area contributed by atoms with Crippen LogP contribution in [0.1, 0.15) is 0 Å². The van der Waals surface area contributed by atoms with E-state index in [2.05, 4.69) is 0 Å². The first-order chi connectivity index (χ1) is 11.7. The SMILES string of the molecule is O=C1[C@H]2[C@@H]3C=C[C@](CO)(O3)[C@H]2C(=O)N1c1cccc2ccccc12. The van der Waals surface area contributed by atoms with Crippen LogP contribution in [0.2, 0.25) is 0 Å². The van der Waals surface area contributed by atoms with E-state index < -0.39 is 23.5 Å². The second-order valence-electron chi connectivity index (χ2n) is 6.57. The minimum absolute atomic E-state index is 0.244. The van der Waals surface area contributed by atoms with Crippen molar-refractivity contribution in [3.63, 3.8) is 0 Å². The topological polar surface area (TPSA) is 66.8 Å². The molecular weight excluding hydrogens is 306 g/mol. The van der Waals surface area contributed by atoms with Gasteiger partial charge in [-0.25, -0.2) is 4.90 Å². The zero-order valence-corrected chi connectivity index (χ0v) is 12.8. The van der Waals surface area contributed by atoms with E-state index in [0.717, 1.165) is 10.8 Å². The number of aliphatic hydroxyl groups is 1. The third kappa shape index (κ3) is 1.51. The molecule has 1 N–H and O–H groups in total. The summed E-state index contributed by atoms with van der Waals surface area (Å²) >= 11 is 0. The zero-order chi connectivity index (χ0) is 16.5. The van der Waals surface area contributed by atoms with Crippen LogP contribution in [-0.4, -0.2) is 35.2 Å². The number of anilines is 1. The molecule has 2 aromatic rings. The molecule has 0 aliphatic carbocycles. The van der Waals surface area contributed by atoms with Crippen LogP contribution in [0.25, 0.3) is 10.8 Å². The van der Waals surface area contributed by atoms with Gasteiger partial charge in [-0.1, -0.05) is 48.6 Å². The van der Waals surface area contributed by atoms with Gasteiger partial charge in [-0.2, -0.15) is 0 Å². The molecule has 5 heteroatoms. The normalized spacial score (nSPS) is 33.7. The predicted octanol–water partition coefficient (Wildman–Crippen LogP) is 1.65. The molecule has 2 fully saturated rings. The highest BCUT2D eigenvalue weighted by molar-refractivity contribution is 6.26. The van der Waals surface area contributed by atoms with Gasteiger partial charge in [0, 0.05) is 5.39 Å². The number of nitrogens with zero attached hydrogens (tertiary/aromatic N) is 1. The van der Waals surface area contributed by atoms with Crippen LogP contribution < -0.4 is 4.90 Å². The number of imide groups is 1. The van der Waals surface area contributed by atoms with Crippen molar-refractivity contribution >= 4 is 28.3 Å². The Hall–Kier alpha value is -2.50. The van der Waals surface area contributed by atoms with Gasteiger partial charge in [0.05, 0.1) is 30.2 Å². The standard InChI is InChI=1S/C19H15NO4/c21-10-19-9-8-14(24-19)15-16(19)18(23)20(17(15)22)13-7-3-5-11-4-1-2-6-12(11)13/h1-9,14-16,21H,10H2/t14-,15-,16+,19+/m0/s1. The Morgan fingerprint density at radius 2 is 1.88 bits per heavy atom. The summed E-state index contributed by atoms with van der Waals surface area (Å²) < 4.78 is 5.76. The lowest BCUT2D eigenvalue weighted by molar-refractivity contribution is -0.128. The minimum atomic E-state index is -1.05. The predicted molar refractivity (Wildman–Crippen MR) is 87.3 cm³/mol. The molecule has 4 atom stereocenters. The van der Waals surface area contributed by atoms with Gasteiger partial charge in [0.2, 0.25) is 11.8 Å². The molecule has 0 radical (unpaired) electrons. The lowest BCUT2D eigenvalue weighted by Crippen LogP contribution is -2.43. The summed E-state index contributed by atoms with van der Waals surface area (Å²) in [6.45, 7) is -0.302. The Bertz CT molecular complexity index is 915. The van der Waals surface area contributed by atoms with E-state index in [1.807, 2.05) is 36.4 Å². The van der Waals surface area contributed by atoms with Crippen molar-refractivity contribution in [2.45, 2.75) is 11.7 Å². The smallest absolute Gasteiger partial charge is 0.241 e. The van der Waals surface area contributed by atoms with Crippen molar-refractivity contribution in [3.8, 4) is 0 Å². The Kier molecular flexibility index (Phi) is 2.62. The maximum Gasteiger partial charge on any atom is 0.241 e. The maximum absolute atomic E-state index is 13.1. The average molecular weight is 321 g/mol. The Morgan fingerprint density at radius 3 is 2.71 bits per heavy atom. The molecule has 0 saturated carbocycles. The number of hydrogen-bond donors (Lipinski definition) is 1. The van der Waals surface area contributed by atoms with Crippen LogP contribution in [0, 0.1) is 11.8 Å². The highest BCUT2D eigenvalue weighted by atomic mass is 16.5. The second-order valence-corrected chi connectivity index (χ2v) is 6.57. The monoisotopic (exact) mass is 321 g/mol. The molecular formula is C19H15NO4. The Balaban J connectivity index is 1.67. The average Bonchev–Trinajstić information content (AvgIpc) is 3.26. The molecule has 3 aliphatic heterocycles. The molecule has 2 aromatic carbocycles. The van der Waals surface area contributed by atoms with Crippen molar-refractivity contribution < 1.29 is 19.4 Å². The van der Waals surface area contributed by atoms with E-state index in [-0.39, 0.29) is 18.4 Å². The van der Waals surface area contributed by atoms with Gasteiger partial charge in [-0.15, -0.1) is 0 Å². The summed E-state index contributed by atoms with van der Waals surface area (Å²) in [7, 11) is 0. The highest BCUT2D eigenvalue weighted by Crippen LogP contribution is 2.52. The summed E-state index contributed by atoms with van der Waals surface area (Å²) in [5.41, 5.74) is -0.452. The fourth-order valence-electron chi connectivity index (χ4n) is 4.32. The second kappa shape index (κ2) is 4.53. The molecule has 0 unspecified atom stereocenters. The molecule has 24 heavy (non-hydrogen) atoms. The number of benzene rings is 2. The van der Waals surface area contributed by atoms with Crippen LogP contribution in [-0.2, 0) is 14.3 Å². The van der Waals surface area contributed by atoms with E-state index in [0.29, 0.717) is 5.69 Å². The van der Waals surface area contributed by atoms with Gasteiger partial charge < -0.3 is 9.84 Å². The van der Waals surface area contributed by atoms with Gasteiger partial charge in [-0.3, -0.25) is 9.59 Å². The molecule has 0 aromatic heterocycles. The van der Waals surface area contributed by atoms with Crippen LogP contribution in [0.5, 0.6) is 0 Å². The minimum Gasteiger partial charge on any atom is -0.393 e. The first-order valence-corrected chi connectivity index (χ1v) is 8.00. The van der Waals surface area contributed by atoms with Crippen molar-refractivity contribution in [1.29, 1.82) is 0 Å². The lowest BCUT2D eigenvalue weighted by Gasteiger charge is -2.26. The fourth-order valence-corrected chi connectivity index (χ4v) is 4.32. The van der Waals surface area contributed by atoms with Gasteiger partial charge in [-0.05, 0) is 11.5 Å². The summed E-state index contributed by atoms with van der Waals surface area (Å²) in [5.74, 6) is -1.73. The third-order valence-electron chi connectivity index (χ3n) is 5.41. The highest BCUT2D eigenvalue weighted by Gasteiger charge is 2.67. The number of fused-ring (bicyclic) bond motifs is 6. The van der Waals surface area contributed by atoms with E-state index >= 15 is 0 Å². The summed E-state index contributed by atoms with van der Waals surface area (Å²) in [6, 6.07) is 13.3. The molecule has 2 bridgehead atoms. The number of ether oxygens (including phenoxy) is 1. The van der Waals surface area contributed by atoms with Crippen LogP contribution in [0.15, 0.2) is 54.6 Å². The summed E-state index contributed by atoms with van der Waals surface area (Å²) in [4.78, 5) is 27.4. The molecule has 5 nitrogen and oxygen atoms in total. The van der Waals surface area contributed by atoms with Crippen molar-refractivity contribution in [2.75, 3.05) is 11.5 Å². The molecule has 2 amide bonds. The Labute approximate surface area is 138 Å². The largest absolute Gasteiger partial charge is 0.393 e. The van der Waals surface area contributed by atoms with Gasteiger partial charge in [0.15, 0.2) is 0 Å². The first kappa shape index (κ1) is 13.9. The molecule has 120 valence electrons. The molecule has 5 rings (SSSR count). The molecule has 3 heterocycles. The van der Waals surface area contributed by atoms with E-state index in [1.165, 1.54) is 4.90 Å². The van der Waals surface area contributed by atoms with Crippen molar-refractivity contribution in [1.82, 2.24) is 0 Å². The number of amides is 2. The number of hydrogen-bond acceptors (Lipinski definition) is 4. The van der Waals surface area contributed by atoms with Crippen LogP contribution >= 0.6 is 0 Å². The number of carbonyl (C=O) groups is 2. The Morgan fingerprint density at radius 1 is 1.08 bits per heavy atom. The van der Waals surface area contributed by atoms with E-state index in [9.17, 15) is 14.7 Å². The third-order valence-corrected chi connectivity index (χ3v) is 5.41. The summed E-state index contributed by atoms with van der Waals surface area (Å²) in [6.07, 6.45) is 3.09. The van der Waals surface area contributed by atoms with Gasteiger partial charge >= 0.3 is 0 Å². The fraction of sp³-hybridized carbons (Fsp3) is 0.263. The summed E-state index contributed by atoms with van der Waals surface area (Å²) in [5, 5.41) is 11.6. The first-order valence-electron chi connectivity index (χ1n) is 8.00. The molecule has 0 spiro atoms. The van der Waals surface area contributed by atoms with E-state index in [1.54, 1.807) is 18.2 Å².